The molecule has 3 saturated heterocycles. The standard InChI is InChI=1S/C26H34N4O5/c1-28-12-9-17(10-13-28)25(33)29-11-3-2-4-19(29)16-35-20-5-6-21-18(14-20)15-30(26(21)34)22-7-8-23(31)27-24(22)32/h5-6,14,17,19,22H,2-4,7-13,15-16H2,1H3,(H,27,31,32)/t19-,22?/m1/s1. The predicted octanol–water partition coefficient (Wildman–Crippen LogP) is 1.55. The molecular weight excluding hydrogens is 448 g/mol. The highest BCUT2D eigenvalue weighted by atomic mass is 16.5. The van der Waals surface area contributed by atoms with E-state index in [1.54, 1.807) is 17.0 Å². The van der Waals surface area contributed by atoms with E-state index in [2.05, 4.69) is 17.3 Å². The van der Waals surface area contributed by atoms with Crippen molar-refractivity contribution in [2.45, 2.75) is 63.6 Å². The normalized spacial score (nSPS) is 26.0. The Bertz CT molecular complexity index is 1020. The van der Waals surface area contributed by atoms with Gasteiger partial charge in [0.2, 0.25) is 17.7 Å². The van der Waals surface area contributed by atoms with Crippen LogP contribution >= 0.6 is 0 Å². The summed E-state index contributed by atoms with van der Waals surface area (Å²) in [6.45, 7) is 3.48. The summed E-state index contributed by atoms with van der Waals surface area (Å²) < 4.78 is 6.15. The molecule has 35 heavy (non-hydrogen) atoms. The topological polar surface area (TPSA) is 99.3 Å². The second-order valence-electron chi connectivity index (χ2n) is 10.3. The van der Waals surface area contributed by atoms with Crippen LogP contribution in [0.3, 0.4) is 0 Å². The van der Waals surface area contributed by atoms with Gasteiger partial charge in [0.05, 0.1) is 6.04 Å². The SMILES string of the molecule is CN1CCC(C(=O)N2CCCC[C@@H]2COc2ccc3c(c2)CN(C2CCC(=O)NC2=O)C3=O)CC1. The summed E-state index contributed by atoms with van der Waals surface area (Å²) in [5.41, 5.74) is 1.39. The van der Waals surface area contributed by atoms with Gasteiger partial charge in [-0.15, -0.1) is 0 Å². The number of rotatable bonds is 5. The third kappa shape index (κ3) is 4.91. The maximum absolute atomic E-state index is 13.3. The lowest BCUT2D eigenvalue weighted by Gasteiger charge is -2.39. The van der Waals surface area contributed by atoms with Gasteiger partial charge in [-0.25, -0.2) is 0 Å². The molecule has 2 atom stereocenters. The summed E-state index contributed by atoms with van der Waals surface area (Å²) in [7, 11) is 2.10. The van der Waals surface area contributed by atoms with Crippen LogP contribution in [0.25, 0.3) is 0 Å². The number of benzene rings is 1. The first-order valence-electron chi connectivity index (χ1n) is 12.8. The molecule has 3 fully saturated rings. The van der Waals surface area contributed by atoms with Crippen LogP contribution in [0, 0.1) is 5.92 Å². The second kappa shape index (κ2) is 9.97. The monoisotopic (exact) mass is 482 g/mol. The maximum Gasteiger partial charge on any atom is 0.255 e. The largest absolute Gasteiger partial charge is 0.491 e. The van der Waals surface area contributed by atoms with Crippen LogP contribution < -0.4 is 10.1 Å². The molecule has 1 aromatic rings. The number of hydrogen-bond donors (Lipinski definition) is 1. The molecule has 0 radical (unpaired) electrons. The summed E-state index contributed by atoms with van der Waals surface area (Å²) in [6, 6.07) is 4.84. The molecule has 0 bridgehead atoms. The van der Waals surface area contributed by atoms with E-state index in [0.717, 1.165) is 57.3 Å². The fourth-order valence-electron chi connectivity index (χ4n) is 5.79. The van der Waals surface area contributed by atoms with Gasteiger partial charge in [0, 0.05) is 31.0 Å². The number of hydrogen-bond acceptors (Lipinski definition) is 6. The van der Waals surface area contributed by atoms with Gasteiger partial charge in [-0.1, -0.05) is 0 Å². The zero-order chi connectivity index (χ0) is 24.5. The van der Waals surface area contributed by atoms with Crippen LogP contribution in [0.1, 0.15) is 60.9 Å². The van der Waals surface area contributed by atoms with Crippen LogP contribution in [0.2, 0.25) is 0 Å². The molecular formula is C26H34N4O5. The number of piperidine rings is 3. The number of fused-ring (bicyclic) bond motifs is 1. The summed E-state index contributed by atoms with van der Waals surface area (Å²) in [6.07, 6.45) is 5.47. The number of ether oxygens (including phenoxy) is 1. The summed E-state index contributed by atoms with van der Waals surface area (Å²) in [5, 5.41) is 2.33. The van der Waals surface area contributed by atoms with Crippen molar-refractivity contribution < 1.29 is 23.9 Å². The quantitative estimate of drug-likeness (QED) is 0.640. The number of imide groups is 1. The first kappa shape index (κ1) is 23.8. The zero-order valence-corrected chi connectivity index (χ0v) is 20.3. The van der Waals surface area contributed by atoms with Crippen LogP contribution in [0.15, 0.2) is 18.2 Å². The molecule has 9 nitrogen and oxygen atoms in total. The van der Waals surface area contributed by atoms with E-state index in [0.29, 0.717) is 30.9 Å². The summed E-state index contributed by atoms with van der Waals surface area (Å²) >= 11 is 0. The highest BCUT2D eigenvalue weighted by Crippen LogP contribution is 2.31. The van der Waals surface area contributed by atoms with Crippen molar-refractivity contribution in [3.05, 3.63) is 29.3 Å². The number of nitrogens with zero attached hydrogens (tertiary/aromatic N) is 3. The van der Waals surface area contributed by atoms with E-state index in [1.165, 1.54) is 0 Å². The van der Waals surface area contributed by atoms with E-state index >= 15 is 0 Å². The molecule has 188 valence electrons. The van der Waals surface area contributed by atoms with Gasteiger partial charge < -0.3 is 19.4 Å². The molecule has 0 aliphatic carbocycles. The van der Waals surface area contributed by atoms with Crippen molar-refractivity contribution >= 4 is 23.6 Å². The average molecular weight is 483 g/mol. The average Bonchev–Trinajstić information content (AvgIpc) is 3.18. The lowest BCUT2D eigenvalue weighted by atomic mass is 9.93. The van der Waals surface area contributed by atoms with E-state index in [-0.39, 0.29) is 36.1 Å². The van der Waals surface area contributed by atoms with Gasteiger partial charge in [-0.3, -0.25) is 24.5 Å². The van der Waals surface area contributed by atoms with Gasteiger partial charge in [0.1, 0.15) is 18.4 Å². The van der Waals surface area contributed by atoms with Crippen LogP contribution in [-0.4, -0.2) is 83.7 Å². The number of amides is 4. The number of carbonyl (C=O) groups excluding carboxylic acids is 4. The molecule has 0 saturated carbocycles. The Morgan fingerprint density at radius 2 is 1.86 bits per heavy atom. The van der Waals surface area contributed by atoms with Crippen molar-refractivity contribution in [2.24, 2.45) is 5.92 Å². The van der Waals surface area contributed by atoms with Crippen molar-refractivity contribution in [3.8, 4) is 5.75 Å². The molecule has 4 aliphatic heterocycles. The first-order valence-corrected chi connectivity index (χ1v) is 12.8. The van der Waals surface area contributed by atoms with Gasteiger partial charge in [-0.2, -0.15) is 0 Å². The summed E-state index contributed by atoms with van der Waals surface area (Å²) in [4.78, 5) is 55.8. The minimum Gasteiger partial charge on any atom is -0.491 e. The van der Waals surface area contributed by atoms with Crippen molar-refractivity contribution in [2.75, 3.05) is 33.3 Å². The Kier molecular flexibility index (Phi) is 6.77. The minimum absolute atomic E-state index is 0.0609. The van der Waals surface area contributed by atoms with Crippen molar-refractivity contribution in [1.29, 1.82) is 0 Å². The van der Waals surface area contributed by atoms with Crippen molar-refractivity contribution in [1.82, 2.24) is 20.0 Å². The highest BCUT2D eigenvalue weighted by Gasteiger charge is 2.39. The maximum atomic E-state index is 13.3. The lowest BCUT2D eigenvalue weighted by Crippen LogP contribution is -2.52. The van der Waals surface area contributed by atoms with Gasteiger partial charge >= 0.3 is 0 Å². The van der Waals surface area contributed by atoms with Crippen LogP contribution in [0.4, 0.5) is 0 Å². The molecule has 0 spiro atoms. The third-order valence-electron chi connectivity index (χ3n) is 7.92. The minimum atomic E-state index is -0.627. The van der Waals surface area contributed by atoms with E-state index in [9.17, 15) is 19.2 Å². The third-order valence-corrected chi connectivity index (χ3v) is 7.92. The molecule has 1 unspecified atom stereocenters. The Labute approximate surface area is 205 Å². The van der Waals surface area contributed by atoms with E-state index < -0.39 is 11.9 Å². The molecule has 1 N–H and O–H groups in total. The first-order chi connectivity index (χ1) is 16.9. The van der Waals surface area contributed by atoms with Gasteiger partial charge in [-0.05, 0) is 82.4 Å². The predicted molar refractivity (Wildman–Crippen MR) is 128 cm³/mol. The van der Waals surface area contributed by atoms with E-state index in [1.807, 2.05) is 11.0 Å². The fraction of sp³-hybridized carbons (Fsp3) is 0.615. The molecule has 4 amide bonds. The number of carbonyl (C=O) groups is 4. The van der Waals surface area contributed by atoms with Crippen molar-refractivity contribution in [3.63, 3.8) is 0 Å². The Hall–Kier alpha value is -2.94. The van der Waals surface area contributed by atoms with Crippen LogP contribution in [-0.2, 0) is 20.9 Å². The Balaban J connectivity index is 1.21. The van der Waals surface area contributed by atoms with E-state index in [4.69, 9.17) is 4.74 Å². The molecule has 0 aromatic heterocycles. The second-order valence-corrected chi connectivity index (χ2v) is 10.3. The molecule has 1 aromatic carbocycles. The zero-order valence-electron chi connectivity index (χ0n) is 20.3. The molecule has 4 heterocycles. The Morgan fingerprint density at radius 1 is 1.06 bits per heavy atom. The summed E-state index contributed by atoms with van der Waals surface area (Å²) in [5.74, 6) is 0.145. The number of likely N-dealkylation sites (tertiary alicyclic amines) is 2. The highest BCUT2D eigenvalue weighted by molar-refractivity contribution is 6.05. The van der Waals surface area contributed by atoms with Crippen LogP contribution in [0.5, 0.6) is 5.75 Å². The molecule has 5 rings (SSSR count). The van der Waals surface area contributed by atoms with Gasteiger partial charge in [0.25, 0.3) is 5.91 Å². The Morgan fingerprint density at radius 3 is 2.63 bits per heavy atom. The smallest absolute Gasteiger partial charge is 0.255 e. The van der Waals surface area contributed by atoms with Gasteiger partial charge in [0.15, 0.2) is 0 Å². The molecule has 9 heteroatoms. The number of nitrogens with one attached hydrogen (secondary N) is 1. The molecule has 4 aliphatic rings. The lowest BCUT2D eigenvalue weighted by molar-refractivity contribution is -0.141. The fourth-order valence-corrected chi connectivity index (χ4v) is 5.79.